The van der Waals surface area contributed by atoms with Gasteiger partial charge in [0.2, 0.25) is 0 Å². The van der Waals surface area contributed by atoms with E-state index in [4.69, 9.17) is 11.0 Å². The van der Waals surface area contributed by atoms with Crippen molar-refractivity contribution in [3.8, 4) is 6.07 Å². The van der Waals surface area contributed by atoms with Crippen molar-refractivity contribution in [1.82, 2.24) is 0 Å². The van der Waals surface area contributed by atoms with Crippen LogP contribution in [0.5, 0.6) is 0 Å². The second-order valence-electron chi connectivity index (χ2n) is 3.78. The van der Waals surface area contributed by atoms with Crippen molar-refractivity contribution in [3.63, 3.8) is 0 Å². The van der Waals surface area contributed by atoms with Crippen LogP contribution in [0.15, 0.2) is 47.4 Å². The zero-order valence-electron chi connectivity index (χ0n) is 9.56. The van der Waals surface area contributed by atoms with Crippen molar-refractivity contribution >= 4 is 17.4 Å². The highest BCUT2D eigenvalue weighted by Gasteiger charge is 2.04. The van der Waals surface area contributed by atoms with Gasteiger partial charge in [-0.2, -0.15) is 5.26 Å². The van der Waals surface area contributed by atoms with Gasteiger partial charge in [0.15, 0.2) is 0 Å². The molecule has 0 aliphatic rings. The highest BCUT2D eigenvalue weighted by atomic mass is 32.2. The summed E-state index contributed by atoms with van der Waals surface area (Å²) < 4.78 is 13.6. The SMILES string of the molecule is N#Cc1ccc(CSc2ccc(N)cc2)c(F)c1. The maximum Gasteiger partial charge on any atom is 0.128 e. The van der Waals surface area contributed by atoms with Crippen molar-refractivity contribution in [2.24, 2.45) is 0 Å². The summed E-state index contributed by atoms with van der Waals surface area (Å²) in [6.07, 6.45) is 0. The molecule has 0 bridgehead atoms. The third-order valence-electron chi connectivity index (χ3n) is 2.46. The molecule has 0 aromatic heterocycles. The molecule has 2 N–H and O–H groups in total. The standard InChI is InChI=1S/C14H11FN2S/c15-14-7-10(8-16)1-2-11(14)9-18-13-5-3-12(17)4-6-13/h1-7H,9,17H2. The fourth-order valence-corrected chi connectivity index (χ4v) is 2.34. The number of benzene rings is 2. The monoisotopic (exact) mass is 258 g/mol. The third kappa shape index (κ3) is 3.02. The van der Waals surface area contributed by atoms with Crippen LogP contribution in [0, 0.1) is 17.1 Å². The van der Waals surface area contributed by atoms with Gasteiger partial charge in [0, 0.05) is 16.3 Å². The predicted octanol–water partition coefficient (Wildman–Crippen LogP) is 3.57. The Bertz CT molecular complexity index is 588. The maximum atomic E-state index is 13.6. The number of anilines is 1. The van der Waals surface area contributed by atoms with Crippen molar-refractivity contribution in [2.75, 3.05) is 5.73 Å². The van der Waals surface area contributed by atoms with Crippen LogP contribution in [-0.4, -0.2) is 0 Å². The molecule has 0 aliphatic carbocycles. The Morgan fingerprint density at radius 3 is 2.50 bits per heavy atom. The van der Waals surface area contributed by atoms with E-state index in [1.807, 2.05) is 30.3 Å². The van der Waals surface area contributed by atoms with E-state index in [1.165, 1.54) is 17.8 Å². The number of nitrogens with two attached hydrogens (primary N) is 1. The first-order valence-electron chi connectivity index (χ1n) is 5.36. The quantitative estimate of drug-likeness (QED) is 0.676. The molecular formula is C14H11FN2S. The van der Waals surface area contributed by atoms with E-state index < -0.39 is 0 Å². The van der Waals surface area contributed by atoms with Gasteiger partial charge in [-0.1, -0.05) is 6.07 Å². The van der Waals surface area contributed by atoms with Crippen LogP contribution in [-0.2, 0) is 5.75 Å². The van der Waals surface area contributed by atoms with Crippen molar-refractivity contribution in [3.05, 3.63) is 59.4 Å². The molecule has 0 radical (unpaired) electrons. The highest BCUT2D eigenvalue weighted by Crippen LogP contribution is 2.25. The Labute approximate surface area is 109 Å². The van der Waals surface area contributed by atoms with Crippen LogP contribution in [0.4, 0.5) is 10.1 Å². The molecule has 4 heteroatoms. The lowest BCUT2D eigenvalue weighted by atomic mass is 10.1. The van der Waals surface area contributed by atoms with Crippen molar-refractivity contribution in [1.29, 1.82) is 5.26 Å². The molecule has 0 fully saturated rings. The van der Waals surface area contributed by atoms with E-state index >= 15 is 0 Å². The Balaban J connectivity index is 2.06. The lowest BCUT2D eigenvalue weighted by molar-refractivity contribution is 0.617. The van der Waals surface area contributed by atoms with Crippen LogP contribution in [0.2, 0.25) is 0 Å². The smallest absolute Gasteiger partial charge is 0.128 e. The second kappa shape index (κ2) is 5.56. The highest BCUT2D eigenvalue weighted by molar-refractivity contribution is 7.98. The summed E-state index contributed by atoms with van der Waals surface area (Å²) in [5.41, 5.74) is 7.24. The number of halogens is 1. The van der Waals surface area contributed by atoms with Gasteiger partial charge >= 0.3 is 0 Å². The van der Waals surface area contributed by atoms with Gasteiger partial charge in [-0.3, -0.25) is 0 Å². The Kier molecular flexibility index (Phi) is 3.85. The first kappa shape index (κ1) is 12.5. The Morgan fingerprint density at radius 1 is 1.17 bits per heavy atom. The first-order chi connectivity index (χ1) is 8.69. The predicted molar refractivity (Wildman–Crippen MR) is 71.5 cm³/mol. The first-order valence-corrected chi connectivity index (χ1v) is 6.34. The number of hydrogen-bond acceptors (Lipinski definition) is 3. The lowest BCUT2D eigenvalue weighted by Gasteiger charge is -2.04. The summed E-state index contributed by atoms with van der Waals surface area (Å²) in [4.78, 5) is 1.04. The lowest BCUT2D eigenvalue weighted by Crippen LogP contribution is -1.89. The Hall–Kier alpha value is -1.99. The molecule has 2 aromatic rings. The molecule has 0 spiro atoms. The number of rotatable bonds is 3. The normalized spacial score (nSPS) is 10.0. The van der Waals surface area contributed by atoms with E-state index in [9.17, 15) is 4.39 Å². The van der Waals surface area contributed by atoms with Crippen molar-refractivity contribution < 1.29 is 4.39 Å². The summed E-state index contributed by atoms with van der Waals surface area (Å²) in [5.74, 6) is 0.193. The van der Waals surface area contributed by atoms with Crippen LogP contribution in [0.3, 0.4) is 0 Å². The molecule has 0 amide bonds. The molecule has 0 heterocycles. The van der Waals surface area contributed by atoms with E-state index in [0.29, 0.717) is 22.6 Å². The number of thioether (sulfide) groups is 1. The molecule has 0 unspecified atom stereocenters. The van der Waals surface area contributed by atoms with Crippen molar-refractivity contribution in [2.45, 2.75) is 10.6 Å². The summed E-state index contributed by atoms with van der Waals surface area (Å²) in [7, 11) is 0. The topological polar surface area (TPSA) is 49.8 Å². The van der Waals surface area contributed by atoms with Crippen LogP contribution < -0.4 is 5.73 Å². The number of hydrogen-bond donors (Lipinski definition) is 1. The molecule has 2 aromatic carbocycles. The molecule has 2 rings (SSSR count). The van der Waals surface area contributed by atoms with E-state index in [0.717, 1.165) is 4.90 Å². The summed E-state index contributed by atoms with van der Waals surface area (Å²) >= 11 is 1.53. The maximum absolute atomic E-state index is 13.6. The third-order valence-corrected chi connectivity index (χ3v) is 3.52. The summed E-state index contributed by atoms with van der Waals surface area (Å²) in [6, 6.07) is 13.9. The zero-order valence-corrected chi connectivity index (χ0v) is 10.4. The Morgan fingerprint density at radius 2 is 1.89 bits per heavy atom. The van der Waals surface area contributed by atoms with E-state index in [-0.39, 0.29) is 5.82 Å². The van der Waals surface area contributed by atoms with Gasteiger partial charge in [-0.05, 0) is 42.0 Å². The fraction of sp³-hybridized carbons (Fsp3) is 0.0714. The average Bonchev–Trinajstić information content (AvgIpc) is 2.39. The molecule has 90 valence electrons. The number of nitrogen functional groups attached to an aromatic ring is 1. The van der Waals surface area contributed by atoms with Crippen LogP contribution in [0.25, 0.3) is 0 Å². The number of nitrogens with zero attached hydrogens (tertiary/aromatic N) is 1. The van der Waals surface area contributed by atoms with E-state index in [2.05, 4.69) is 0 Å². The largest absolute Gasteiger partial charge is 0.399 e. The van der Waals surface area contributed by atoms with Gasteiger partial charge in [-0.25, -0.2) is 4.39 Å². The van der Waals surface area contributed by atoms with Gasteiger partial charge in [-0.15, -0.1) is 11.8 Å². The average molecular weight is 258 g/mol. The molecule has 0 aliphatic heterocycles. The minimum atomic E-state index is -0.336. The zero-order chi connectivity index (χ0) is 13.0. The minimum Gasteiger partial charge on any atom is -0.399 e. The van der Waals surface area contributed by atoms with Gasteiger partial charge < -0.3 is 5.73 Å². The molecular weight excluding hydrogens is 247 g/mol. The number of nitriles is 1. The molecule has 0 atom stereocenters. The van der Waals surface area contributed by atoms with Gasteiger partial charge in [0.1, 0.15) is 5.82 Å². The summed E-state index contributed by atoms with van der Waals surface area (Å²) in [6.45, 7) is 0. The minimum absolute atomic E-state index is 0.336. The van der Waals surface area contributed by atoms with Crippen LogP contribution >= 0.6 is 11.8 Å². The van der Waals surface area contributed by atoms with Gasteiger partial charge in [0.05, 0.1) is 11.6 Å². The second-order valence-corrected chi connectivity index (χ2v) is 4.82. The molecule has 0 saturated carbocycles. The van der Waals surface area contributed by atoms with E-state index in [1.54, 1.807) is 12.1 Å². The fourth-order valence-electron chi connectivity index (χ4n) is 1.46. The molecule has 0 saturated heterocycles. The van der Waals surface area contributed by atoms with Crippen LogP contribution in [0.1, 0.15) is 11.1 Å². The molecule has 2 nitrogen and oxygen atoms in total. The molecule has 18 heavy (non-hydrogen) atoms. The summed E-state index contributed by atoms with van der Waals surface area (Å²) in [5, 5.41) is 8.65. The van der Waals surface area contributed by atoms with Gasteiger partial charge in [0.25, 0.3) is 0 Å².